The molecule has 0 saturated carbocycles. The van der Waals surface area contributed by atoms with Crippen molar-refractivity contribution in [3.63, 3.8) is 0 Å². The van der Waals surface area contributed by atoms with Crippen molar-refractivity contribution in [3.05, 3.63) is 221 Å². The minimum atomic E-state index is -0.160. The van der Waals surface area contributed by atoms with Gasteiger partial charge in [0, 0.05) is 45.1 Å². The van der Waals surface area contributed by atoms with Crippen molar-refractivity contribution in [3.8, 4) is 28.1 Å². The summed E-state index contributed by atoms with van der Waals surface area (Å²) in [5.41, 5.74) is 17.6. The van der Waals surface area contributed by atoms with Crippen LogP contribution >= 0.6 is 0 Å². The number of benzene rings is 6. The molecule has 3 nitrogen and oxygen atoms in total. The summed E-state index contributed by atoms with van der Waals surface area (Å²) in [6.45, 7) is 4.76. The van der Waals surface area contributed by atoms with Gasteiger partial charge in [0.15, 0.2) is 0 Å². The molecule has 7 aromatic rings. The molecule has 0 radical (unpaired) electrons. The van der Waals surface area contributed by atoms with E-state index in [9.17, 15) is 0 Å². The molecule has 0 amide bonds. The first-order valence-corrected chi connectivity index (χ1v) is 19.0. The second kappa shape index (κ2) is 12.9. The van der Waals surface area contributed by atoms with E-state index in [0.717, 1.165) is 29.1 Å². The van der Waals surface area contributed by atoms with Gasteiger partial charge in [-0.15, -0.1) is 0 Å². The van der Waals surface area contributed by atoms with E-state index in [4.69, 9.17) is 4.99 Å². The van der Waals surface area contributed by atoms with Crippen LogP contribution in [-0.4, -0.2) is 10.4 Å². The molecule has 260 valence electrons. The molecule has 1 N–H and O–H groups in total. The monoisotopic (exact) mass is 695 g/mol. The van der Waals surface area contributed by atoms with E-state index in [1.54, 1.807) is 0 Å². The van der Waals surface area contributed by atoms with Gasteiger partial charge in [0.2, 0.25) is 0 Å². The van der Waals surface area contributed by atoms with E-state index in [0.29, 0.717) is 0 Å². The zero-order valence-corrected chi connectivity index (χ0v) is 30.6. The zero-order valence-electron chi connectivity index (χ0n) is 30.6. The predicted molar refractivity (Wildman–Crippen MR) is 224 cm³/mol. The molecular formula is C51H41N3. The summed E-state index contributed by atoms with van der Waals surface area (Å²) in [5.74, 6) is 1.13. The van der Waals surface area contributed by atoms with Gasteiger partial charge in [-0.2, -0.15) is 0 Å². The van der Waals surface area contributed by atoms with E-state index in [2.05, 4.69) is 200 Å². The molecule has 54 heavy (non-hydrogen) atoms. The summed E-state index contributed by atoms with van der Waals surface area (Å²) in [7, 11) is 0. The van der Waals surface area contributed by atoms with E-state index in [1.165, 1.54) is 61.6 Å². The van der Waals surface area contributed by atoms with Crippen molar-refractivity contribution in [2.45, 2.75) is 37.6 Å². The fourth-order valence-corrected chi connectivity index (χ4v) is 8.94. The second-order valence-electron chi connectivity index (χ2n) is 15.2. The van der Waals surface area contributed by atoms with Gasteiger partial charge in [0.25, 0.3) is 0 Å². The average molecular weight is 696 g/mol. The highest BCUT2D eigenvalue weighted by Gasteiger charge is 2.38. The Hall–Kier alpha value is -6.45. The largest absolute Gasteiger partial charge is 0.340 e. The maximum absolute atomic E-state index is 5.13. The molecule has 0 saturated heterocycles. The van der Waals surface area contributed by atoms with Crippen LogP contribution in [0.15, 0.2) is 181 Å². The van der Waals surface area contributed by atoms with E-state index in [1.807, 2.05) is 6.07 Å². The van der Waals surface area contributed by atoms with Crippen LogP contribution in [0.2, 0.25) is 0 Å². The van der Waals surface area contributed by atoms with Crippen LogP contribution in [0.3, 0.4) is 0 Å². The van der Waals surface area contributed by atoms with Gasteiger partial charge in [-0.1, -0.05) is 172 Å². The summed E-state index contributed by atoms with van der Waals surface area (Å²) < 4.78 is 2.52. The third kappa shape index (κ3) is 5.30. The fourth-order valence-electron chi connectivity index (χ4n) is 8.94. The van der Waals surface area contributed by atoms with Crippen LogP contribution in [0.25, 0.3) is 39.8 Å². The minimum absolute atomic E-state index is 0.0704. The lowest BCUT2D eigenvalue weighted by Crippen LogP contribution is -2.27. The molecule has 2 heterocycles. The minimum Gasteiger partial charge on any atom is -0.340 e. The average Bonchev–Trinajstić information content (AvgIpc) is 3.55. The SMILES string of the molecule is CC1(C)c2ccccc2-c2c3c(n(-c4ccccc4)c2-c2ccccc21)C=CC(c1ccc(C2=CC(c4ccccc4)N=C(c4ccccc4)N2)cc1)C3. The molecule has 0 fully saturated rings. The molecule has 6 aromatic carbocycles. The molecule has 2 atom stereocenters. The Kier molecular flexibility index (Phi) is 7.69. The first-order chi connectivity index (χ1) is 26.5. The Morgan fingerprint density at radius 2 is 1.22 bits per heavy atom. The van der Waals surface area contributed by atoms with Crippen LogP contribution in [0, 0.1) is 0 Å². The Bertz CT molecular complexity index is 2610. The van der Waals surface area contributed by atoms with Crippen LogP contribution in [-0.2, 0) is 11.8 Å². The molecule has 2 aliphatic carbocycles. The third-order valence-corrected chi connectivity index (χ3v) is 11.6. The summed E-state index contributed by atoms with van der Waals surface area (Å²) >= 11 is 0. The van der Waals surface area contributed by atoms with Gasteiger partial charge in [-0.05, 0) is 69.6 Å². The lowest BCUT2D eigenvalue weighted by atomic mass is 9.75. The lowest BCUT2D eigenvalue weighted by molar-refractivity contribution is 0.645. The van der Waals surface area contributed by atoms with Gasteiger partial charge in [-0.3, -0.25) is 4.99 Å². The van der Waals surface area contributed by atoms with Crippen LogP contribution in [0.4, 0.5) is 0 Å². The molecule has 0 spiro atoms. The zero-order chi connectivity index (χ0) is 36.2. The van der Waals surface area contributed by atoms with Crippen LogP contribution in [0.5, 0.6) is 0 Å². The molecule has 1 aliphatic heterocycles. The number of allylic oxidation sites excluding steroid dienone is 1. The van der Waals surface area contributed by atoms with Gasteiger partial charge in [0.1, 0.15) is 5.84 Å². The molecule has 3 aliphatic rings. The molecule has 0 bridgehead atoms. The van der Waals surface area contributed by atoms with Gasteiger partial charge < -0.3 is 9.88 Å². The number of hydrogen-bond acceptors (Lipinski definition) is 2. The predicted octanol–water partition coefficient (Wildman–Crippen LogP) is 11.9. The van der Waals surface area contributed by atoms with Gasteiger partial charge in [-0.25, -0.2) is 0 Å². The summed E-state index contributed by atoms with van der Waals surface area (Å²) in [5, 5.41) is 3.67. The Morgan fingerprint density at radius 1 is 0.611 bits per heavy atom. The quantitative estimate of drug-likeness (QED) is 0.191. The van der Waals surface area contributed by atoms with Gasteiger partial charge in [0.05, 0.1) is 11.7 Å². The van der Waals surface area contributed by atoms with Crippen molar-refractivity contribution in [1.29, 1.82) is 0 Å². The summed E-state index contributed by atoms with van der Waals surface area (Å²) in [6.07, 6.45) is 7.98. The standard InChI is InChI=1S/C51H41N3/c1-51(2)43-24-14-12-22-40(43)48-42-32-38(30-31-47(42)54(39-20-10-5-11-21-39)49(48)41-23-13-15-25-44(41)51)34-26-28-36(29-27-34)46-33-45(35-16-6-3-7-17-35)52-50(53-46)37-18-8-4-9-19-37/h3-31,33,38,45H,32H2,1-2H3,(H,52,53). The maximum Gasteiger partial charge on any atom is 0.133 e. The van der Waals surface area contributed by atoms with E-state index < -0.39 is 0 Å². The van der Waals surface area contributed by atoms with Gasteiger partial charge >= 0.3 is 0 Å². The summed E-state index contributed by atoms with van der Waals surface area (Å²) in [4.78, 5) is 5.13. The van der Waals surface area contributed by atoms with Crippen LogP contribution in [0.1, 0.15) is 70.4 Å². The normalized spacial score (nSPS) is 17.8. The Morgan fingerprint density at radius 3 is 1.94 bits per heavy atom. The van der Waals surface area contributed by atoms with Crippen molar-refractivity contribution in [1.82, 2.24) is 9.88 Å². The number of aromatic nitrogens is 1. The molecule has 3 heteroatoms. The number of nitrogens with zero attached hydrogens (tertiary/aromatic N) is 2. The van der Waals surface area contributed by atoms with Crippen molar-refractivity contribution < 1.29 is 0 Å². The number of nitrogens with one attached hydrogen (secondary N) is 1. The number of amidine groups is 1. The molecule has 1 aromatic heterocycles. The number of fused-ring (bicyclic) bond motifs is 7. The topological polar surface area (TPSA) is 29.3 Å². The van der Waals surface area contributed by atoms with Crippen molar-refractivity contribution in [2.24, 2.45) is 4.99 Å². The van der Waals surface area contributed by atoms with Crippen molar-refractivity contribution >= 4 is 17.6 Å². The Labute approximate surface area is 317 Å². The van der Waals surface area contributed by atoms with Crippen molar-refractivity contribution in [2.75, 3.05) is 0 Å². The maximum atomic E-state index is 5.13. The number of para-hydroxylation sites is 1. The number of rotatable bonds is 5. The third-order valence-electron chi connectivity index (χ3n) is 11.6. The fraction of sp³-hybridized carbons (Fsp3) is 0.118. The molecule has 2 unspecified atom stereocenters. The smallest absolute Gasteiger partial charge is 0.133 e. The second-order valence-corrected chi connectivity index (χ2v) is 15.2. The van der Waals surface area contributed by atoms with Crippen LogP contribution < -0.4 is 5.32 Å². The van der Waals surface area contributed by atoms with E-state index >= 15 is 0 Å². The highest BCUT2D eigenvalue weighted by atomic mass is 15.0. The van der Waals surface area contributed by atoms with E-state index in [-0.39, 0.29) is 17.4 Å². The molecular weight excluding hydrogens is 655 g/mol. The number of aliphatic imine (C=N–C) groups is 1. The molecule has 10 rings (SSSR count). The first kappa shape index (κ1) is 32.2. The summed E-state index contributed by atoms with van der Waals surface area (Å²) in [6, 6.07) is 59.1. The highest BCUT2D eigenvalue weighted by Crippen LogP contribution is 2.53. The number of hydrogen-bond donors (Lipinski definition) is 1. The first-order valence-electron chi connectivity index (χ1n) is 19.0. The highest BCUT2D eigenvalue weighted by molar-refractivity contribution is 6.05. The Balaban J connectivity index is 1.06. The lowest BCUT2D eigenvalue weighted by Gasteiger charge is -2.29.